The van der Waals surface area contributed by atoms with E-state index in [0.717, 1.165) is 25.0 Å². The molecule has 3 atom stereocenters. The van der Waals surface area contributed by atoms with Gasteiger partial charge in [0.2, 0.25) is 0 Å². The molecular formula is C16H17F2N3O2S. The van der Waals surface area contributed by atoms with Gasteiger partial charge in [0, 0.05) is 12.0 Å². The van der Waals surface area contributed by atoms with Gasteiger partial charge >= 0.3 is 0 Å². The van der Waals surface area contributed by atoms with Crippen molar-refractivity contribution >= 4 is 9.84 Å². The molecule has 2 heterocycles. The fourth-order valence-corrected chi connectivity index (χ4v) is 6.31. The Hall–Kier alpha value is -1.83. The number of sulfone groups is 1. The molecule has 2 fully saturated rings. The molecule has 0 spiro atoms. The summed E-state index contributed by atoms with van der Waals surface area (Å²) in [6.07, 6.45) is 1.48. The van der Waals surface area contributed by atoms with Crippen LogP contribution in [0.25, 0.3) is 5.69 Å². The molecule has 0 radical (unpaired) electrons. The van der Waals surface area contributed by atoms with Gasteiger partial charge in [-0.3, -0.25) is 0 Å². The molecule has 5 nitrogen and oxygen atoms in total. The average Bonchev–Trinajstić information content (AvgIpc) is 3.12. The van der Waals surface area contributed by atoms with Crippen LogP contribution >= 0.6 is 0 Å². The van der Waals surface area contributed by atoms with Gasteiger partial charge < -0.3 is 0 Å². The zero-order valence-electron chi connectivity index (χ0n) is 13.1. The summed E-state index contributed by atoms with van der Waals surface area (Å²) in [7, 11) is -2.91. The number of aryl methyl sites for hydroxylation is 1. The molecule has 0 bridgehead atoms. The van der Waals surface area contributed by atoms with Crippen molar-refractivity contribution in [1.29, 1.82) is 0 Å². The van der Waals surface area contributed by atoms with E-state index in [-0.39, 0.29) is 29.3 Å². The average molecular weight is 353 g/mol. The van der Waals surface area contributed by atoms with E-state index >= 15 is 0 Å². The lowest BCUT2D eigenvalue weighted by molar-refractivity contribution is 0.494. The van der Waals surface area contributed by atoms with Crippen LogP contribution in [-0.2, 0) is 9.84 Å². The summed E-state index contributed by atoms with van der Waals surface area (Å²) in [5.41, 5.74) is 0.425. The van der Waals surface area contributed by atoms with Gasteiger partial charge in [0.25, 0.3) is 0 Å². The Bertz CT molecular complexity index is 890. The lowest BCUT2D eigenvalue weighted by atomic mass is 10.0. The minimum Gasteiger partial charge on any atom is -0.229 e. The Labute approximate surface area is 138 Å². The summed E-state index contributed by atoms with van der Waals surface area (Å²) in [4.78, 5) is 4.47. The maximum Gasteiger partial charge on any atom is 0.160 e. The molecule has 128 valence electrons. The first-order chi connectivity index (χ1) is 11.3. The summed E-state index contributed by atoms with van der Waals surface area (Å²) in [6, 6.07) is 3.64. The summed E-state index contributed by atoms with van der Waals surface area (Å²) < 4.78 is 51.8. The number of rotatable bonds is 2. The first-order valence-electron chi connectivity index (χ1n) is 7.92. The minimum absolute atomic E-state index is 0.0878. The van der Waals surface area contributed by atoms with E-state index in [2.05, 4.69) is 10.1 Å². The SMILES string of the molecule is Cc1nc(C2C[C@@H]3CS(=O)(=O)C[C@@H]3C2)n(-c2ccc(F)c(F)c2)n1. The van der Waals surface area contributed by atoms with Crippen LogP contribution in [0, 0.1) is 30.4 Å². The van der Waals surface area contributed by atoms with Crippen LogP contribution in [0.15, 0.2) is 18.2 Å². The van der Waals surface area contributed by atoms with Gasteiger partial charge in [-0.25, -0.2) is 26.9 Å². The highest BCUT2D eigenvalue weighted by atomic mass is 32.2. The standard InChI is InChI=1S/C16H17F2N3O2S/c1-9-19-16(10-4-11-7-24(22,23)8-12(11)5-10)21(20-9)13-2-3-14(17)15(18)6-13/h2-3,6,10-12H,4-5,7-8H2,1H3/t10?,11-,12+. The van der Waals surface area contributed by atoms with E-state index in [1.165, 1.54) is 6.07 Å². The van der Waals surface area contributed by atoms with Crippen molar-refractivity contribution in [3.05, 3.63) is 41.5 Å². The predicted octanol–water partition coefficient (Wildman–Crippen LogP) is 2.39. The van der Waals surface area contributed by atoms with Crippen molar-refractivity contribution in [3.8, 4) is 5.69 Å². The number of aromatic nitrogens is 3. The van der Waals surface area contributed by atoms with Crippen LogP contribution in [0.3, 0.4) is 0 Å². The van der Waals surface area contributed by atoms with E-state index in [1.807, 2.05) is 0 Å². The van der Waals surface area contributed by atoms with Crippen molar-refractivity contribution in [2.75, 3.05) is 11.5 Å². The number of hydrogen-bond acceptors (Lipinski definition) is 4. The first-order valence-corrected chi connectivity index (χ1v) is 9.74. The highest BCUT2D eigenvalue weighted by molar-refractivity contribution is 7.91. The second kappa shape index (κ2) is 5.34. The van der Waals surface area contributed by atoms with E-state index < -0.39 is 21.5 Å². The van der Waals surface area contributed by atoms with Crippen LogP contribution in [-0.4, -0.2) is 34.7 Å². The van der Waals surface area contributed by atoms with E-state index in [0.29, 0.717) is 17.3 Å². The van der Waals surface area contributed by atoms with E-state index in [9.17, 15) is 17.2 Å². The quantitative estimate of drug-likeness (QED) is 0.832. The summed E-state index contributed by atoms with van der Waals surface area (Å²) in [6.45, 7) is 1.75. The third kappa shape index (κ3) is 2.62. The minimum atomic E-state index is -2.91. The molecule has 4 rings (SSSR count). The van der Waals surface area contributed by atoms with E-state index in [1.54, 1.807) is 11.6 Å². The Morgan fingerprint density at radius 3 is 2.42 bits per heavy atom. The van der Waals surface area contributed by atoms with Crippen molar-refractivity contribution in [3.63, 3.8) is 0 Å². The van der Waals surface area contributed by atoms with Crippen LogP contribution in [0.4, 0.5) is 8.78 Å². The van der Waals surface area contributed by atoms with E-state index in [4.69, 9.17) is 0 Å². The molecule has 1 aliphatic heterocycles. The van der Waals surface area contributed by atoms with Gasteiger partial charge in [0.05, 0.1) is 17.2 Å². The Balaban J connectivity index is 1.67. The Kier molecular flexibility index (Phi) is 3.49. The van der Waals surface area contributed by atoms with Crippen LogP contribution in [0.5, 0.6) is 0 Å². The molecule has 0 amide bonds. The van der Waals surface area contributed by atoms with Crippen molar-refractivity contribution in [2.24, 2.45) is 11.8 Å². The van der Waals surface area contributed by atoms with Gasteiger partial charge in [-0.05, 0) is 43.7 Å². The second-order valence-corrected chi connectivity index (χ2v) is 8.95. The Morgan fingerprint density at radius 2 is 1.79 bits per heavy atom. The van der Waals surface area contributed by atoms with Gasteiger partial charge in [0.15, 0.2) is 21.5 Å². The highest BCUT2D eigenvalue weighted by Gasteiger charge is 2.45. The third-order valence-electron chi connectivity index (χ3n) is 5.03. The number of halogens is 2. The highest BCUT2D eigenvalue weighted by Crippen LogP contribution is 2.46. The van der Waals surface area contributed by atoms with Crippen LogP contribution < -0.4 is 0 Å². The number of benzene rings is 1. The Morgan fingerprint density at radius 1 is 1.12 bits per heavy atom. The molecule has 1 aromatic carbocycles. The number of fused-ring (bicyclic) bond motifs is 1. The van der Waals surface area contributed by atoms with Crippen molar-refractivity contribution in [2.45, 2.75) is 25.7 Å². The largest absolute Gasteiger partial charge is 0.229 e. The predicted molar refractivity (Wildman–Crippen MR) is 83.6 cm³/mol. The number of hydrogen-bond donors (Lipinski definition) is 0. The van der Waals surface area contributed by atoms with Gasteiger partial charge in [-0.2, -0.15) is 5.10 Å². The van der Waals surface area contributed by atoms with Crippen LogP contribution in [0.1, 0.15) is 30.4 Å². The molecule has 24 heavy (non-hydrogen) atoms. The fourth-order valence-electron chi connectivity index (χ4n) is 4.05. The topological polar surface area (TPSA) is 64.8 Å². The summed E-state index contributed by atoms with van der Waals surface area (Å²) in [5, 5.41) is 4.32. The summed E-state index contributed by atoms with van der Waals surface area (Å²) in [5.74, 6) is 0.318. The maximum atomic E-state index is 13.6. The molecule has 1 saturated carbocycles. The van der Waals surface area contributed by atoms with Crippen molar-refractivity contribution in [1.82, 2.24) is 14.8 Å². The van der Waals surface area contributed by atoms with Gasteiger partial charge in [-0.15, -0.1) is 0 Å². The third-order valence-corrected chi connectivity index (χ3v) is 6.90. The maximum absolute atomic E-state index is 13.6. The van der Waals surface area contributed by atoms with Crippen molar-refractivity contribution < 1.29 is 17.2 Å². The molecule has 2 aliphatic rings. The molecule has 1 aliphatic carbocycles. The molecule has 1 aromatic heterocycles. The first kappa shape index (κ1) is 15.7. The second-order valence-electron chi connectivity index (χ2n) is 6.79. The zero-order chi connectivity index (χ0) is 17.1. The molecule has 0 N–H and O–H groups in total. The smallest absolute Gasteiger partial charge is 0.160 e. The monoisotopic (exact) mass is 353 g/mol. The zero-order valence-corrected chi connectivity index (χ0v) is 13.9. The normalized spacial score (nSPS) is 28.2. The van der Waals surface area contributed by atoms with Gasteiger partial charge in [0.1, 0.15) is 11.6 Å². The molecule has 2 aromatic rings. The molecule has 1 saturated heterocycles. The molecule has 8 heteroatoms. The number of nitrogens with zero attached hydrogens (tertiary/aromatic N) is 3. The van der Waals surface area contributed by atoms with Gasteiger partial charge in [-0.1, -0.05) is 0 Å². The molecule has 1 unspecified atom stereocenters. The molecular weight excluding hydrogens is 336 g/mol. The lowest BCUT2D eigenvalue weighted by Crippen LogP contribution is -2.11. The summed E-state index contributed by atoms with van der Waals surface area (Å²) >= 11 is 0. The fraction of sp³-hybridized carbons (Fsp3) is 0.500. The van der Waals surface area contributed by atoms with Crippen LogP contribution in [0.2, 0.25) is 0 Å². The lowest BCUT2D eigenvalue weighted by Gasteiger charge is -2.12.